The van der Waals surface area contributed by atoms with E-state index < -0.39 is 0 Å². The first kappa shape index (κ1) is 11.8. The van der Waals surface area contributed by atoms with Crippen LogP contribution < -0.4 is 10.6 Å². The van der Waals surface area contributed by atoms with Crippen LogP contribution in [0.3, 0.4) is 0 Å². The summed E-state index contributed by atoms with van der Waals surface area (Å²) in [5, 5.41) is 16.3. The molecule has 0 radical (unpaired) electrons. The van der Waals surface area contributed by atoms with Gasteiger partial charge in [0.1, 0.15) is 11.5 Å². The van der Waals surface area contributed by atoms with Crippen LogP contribution in [0.5, 0.6) is 0 Å². The van der Waals surface area contributed by atoms with Gasteiger partial charge in [0.15, 0.2) is 0 Å². The third-order valence-electron chi connectivity index (χ3n) is 3.02. The average molecular weight is 235 g/mol. The summed E-state index contributed by atoms with van der Waals surface area (Å²) in [4.78, 5) is 10.5. The molecule has 1 aliphatic rings. The van der Waals surface area contributed by atoms with E-state index in [4.69, 9.17) is 16.2 Å². The van der Waals surface area contributed by atoms with Crippen molar-refractivity contribution in [1.82, 2.24) is 9.97 Å². The largest absolute Gasteiger partial charge is 0.396 e. The molecule has 17 heavy (non-hydrogen) atoms. The molecule has 2 rings (SSSR count). The molecule has 92 valence electrons. The topological polar surface area (TPSA) is 99.1 Å². The lowest BCUT2D eigenvalue weighted by atomic mass is 10.1. The molecule has 0 aliphatic carbocycles. The number of nitrogens with zero attached hydrogens (tertiary/aromatic N) is 3. The maximum Gasteiger partial charge on any atom is 0.225 e. The minimum atomic E-state index is -0.0419. The number of nitrogen functional groups attached to an aromatic ring is 1. The van der Waals surface area contributed by atoms with Crippen LogP contribution in [0.15, 0.2) is 12.3 Å². The number of nitrogens with one attached hydrogen (secondary N) is 1. The fourth-order valence-electron chi connectivity index (χ4n) is 2.08. The monoisotopic (exact) mass is 235 g/mol. The molecule has 1 saturated heterocycles. The second-order valence-electron chi connectivity index (χ2n) is 4.27. The first-order chi connectivity index (χ1) is 8.20. The molecule has 1 fully saturated rings. The smallest absolute Gasteiger partial charge is 0.225 e. The minimum absolute atomic E-state index is 0.0419. The van der Waals surface area contributed by atoms with Gasteiger partial charge < -0.3 is 15.7 Å². The molecular weight excluding hydrogens is 218 g/mol. The molecule has 2 heterocycles. The highest BCUT2D eigenvalue weighted by Crippen LogP contribution is 2.22. The molecule has 1 aromatic heterocycles. The van der Waals surface area contributed by atoms with Crippen LogP contribution in [0.2, 0.25) is 0 Å². The lowest BCUT2D eigenvalue weighted by molar-refractivity contribution is 0.263. The van der Waals surface area contributed by atoms with Gasteiger partial charge >= 0.3 is 0 Å². The van der Waals surface area contributed by atoms with E-state index in [1.165, 1.54) is 0 Å². The number of rotatable bonds is 4. The van der Waals surface area contributed by atoms with Crippen molar-refractivity contribution < 1.29 is 5.11 Å². The average Bonchev–Trinajstić information content (AvgIpc) is 2.78. The normalized spacial score (nSPS) is 19.6. The number of hydrogen-bond donors (Lipinski definition) is 3. The molecule has 1 unspecified atom stereocenters. The van der Waals surface area contributed by atoms with Crippen LogP contribution in [0.4, 0.5) is 5.95 Å². The molecule has 1 aromatic rings. The van der Waals surface area contributed by atoms with E-state index >= 15 is 0 Å². The number of aliphatic hydroxyl groups excluding tert-OH is 1. The molecule has 4 N–H and O–H groups in total. The van der Waals surface area contributed by atoms with E-state index in [-0.39, 0.29) is 12.4 Å². The molecule has 0 spiro atoms. The van der Waals surface area contributed by atoms with Gasteiger partial charge in [0.05, 0.1) is 0 Å². The zero-order valence-electron chi connectivity index (χ0n) is 9.63. The highest BCUT2D eigenvalue weighted by molar-refractivity contribution is 5.93. The van der Waals surface area contributed by atoms with Crippen LogP contribution in [0, 0.1) is 11.3 Å². The summed E-state index contributed by atoms with van der Waals surface area (Å²) in [6, 6.07) is 1.63. The van der Waals surface area contributed by atoms with Crippen molar-refractivity contribution >= 4 is 11.8 Å². The summed E-state index contributed by atoms with van der Waals surface area (Å²) in [5.41, 5.74) is 5.86. The van der Waals surface area contributed by atoms with Gasteiger partial charge in [0.25, 0.3) is 0 Å². The van der Waals surface area contributed by atoms with Gasteiger partial charge in [0, 0.05) is 25.9 Å². The Hall–Kier alpha value is -1.69. The van der Waals surface area contributed by atoms with Gasteiger partial charge in [-0.25, -0.2) is 9.97 Å². The van der Waals surface area contributed by atoms with Crippen LogP contribution in [0.25, 0.3) is 0 Å². The van der Waals surface area contributed by atoms with Gasteiger partial charge in [-0.2, -0.15) is 0 Å². The standard InChI is InChI=1S/C11H17N5O/c12-10(13)9-1-4-14-11(15-9)16-5-2-8(7-16)3-6-17/h1,4,8,17H,2-3,5-7H2,(H3,12,13). The number of anilines is 1. The van der Waals surface area contributed by atoms with Crippen molar-refractivity contribution in [2.75, 3.05) is 24.6 Å². The Morgan fingerprint density at radius 2 is 2.47 bits per heavy atom. The van der Waals surface area contributed by atoms with Gasteiger partial charge in [-0.1, -0.05) is 0 Å². The van der Waals surface area contributed by atoms with E-state index in [1.807, 2.05) is 0 Å². The first-order valence-corrected chi connectivity index (χ1v) is 5.74. The molecule has 0 aromatic carbocycles. The second-order valence-corrected chi connectivity index (χ2v) is 4.27. The van der Waals surface area contributed by atoms with E-state index in [1.54, 1.807) is 12.3 Å². The summed E-state index contributed by atoms with van der Waals surface area (Å²) in [5.74, 6) is 1.09. The fourth-order valence-corrected chi connectivity index (χ4v) is 2.08. The van der Waals surface area contributed by atoms with Gasteiger partial charge in [-0.05, 0) is 24.8 Å². The summed E-state index contributed by atoms with van der Waals surface area (Å²) in [6.45, 7) is 1.99. The molecule has 1 atom stereocenters. The van der Waals surface area contributed by atoms with E-state index in [0.717, 1.165) is 25.9 Å². The molecule has 1 aliphatic heterocycles. The zero-order chi connectivity index (χ0) is 12.3. The Bertz CT molecular complexity index is 409. The van der Waals surface area contributed by atoms with E-state index in [9.17, 15) is 0 Å². The van der Waals surface area contributed by atoms with Crippen LogP contribution in [0.1, 0.15) is 18.5 Å². The SMILES string of the molecule is N=C(N)c1ccnc(N2CCC(CCO)C2)n1. The third kappa shape index (κ3) is 2.71. The summed E-state index contributed by atoms with van der Waals surface area (Å²) < 4.78 is 0. The number of nitrogens with two attached hydrogens (primary N) is 1. The van der Waals surface area contributed by atoms with Gasteiger partial charge in [-0.3, -0.25) is 5.41 Å². The number of hydrogen-bond acceptors (Lipinski definition) is 5. The summed E-state index contributed by atoms with van der Waals surface area (Å²) >= 11 is 0. The summed E-state index contributed by atoms with van der Waals surface area (Å²) in [6.07, 6.45) is 3.50. The Labute approximate surface area is 100.0 Å². The zero-order valence-corrected chi connectivity index (χ0v) is 9.63. The number of amidine groups is 1. The molecule has 6 heteroatoms. The Morgan fingerprint density at radius 1 is 1.65 bits per heavy atom. The lowest BCUT2D eigenvalue weighted by Gasteiger charge is -2.16. The van der Waals surface area contributed by atoms with E-state index in [0.29, 0.717) is 17.6 Å². The van der Waals surface area contributed by atoms with Crippen molar-refractivity contribution in [1.29, 1.82) is 5.41 Å². The molecule has 0 bridgehead atoms. The second kappa shape index (κ2) is 5.09. The molecule has 0 saturated carbocycles. The van der Waals surface area contributed by atoms with Crippen molar-refractivity contribution in [2.24, 2.45) is 11.7 Å². The molecular formula is C11H17N5O. The Balaban J connectivity index is 2.08. The Kier molecular flexibility index (Phi) is 3.53. The molecule has 0 amide bonds. The highest BCUT2D eigenvalue weighted by Gasteiger charge is 2.23. The minimum Gasteiger partial charge on any atom is -0.396 e. The number of aromatic nitrogens is 2. The number of aliphatic hydroxyl groups is 1. The Morgan fingerprint density at radius 3 is 3.18 bits per heavy atom. The predicted octanol–water partition coefficient (Wildman–Crippen LogP) is -0.0306. The summed E-state index contributed by atoms with van der Waals surface area (Å²) in [7, 11) is 0. The lowest BCUT2D eigenvalue weighted by Crippen LogP contribution is -2.24. The third-order valence-corrected chi connectivity index (χ3v) is 3.02. The van der Waals surface area contributed by atoms with E-state index in [2.05, 4.69) is 14.9 Å². The van der Waals surface area contributed by atoms with Crippen molar-refractivity contribution in [3.05, 3.63) is 18.0 Å². The quantitative estimate of drug-likeness (QED) is 0.502. The van der Waals surface area contributed by atoms with Crippen LogP contribution in [-0.4, -0.2) is 40.6 Å². The van der Waals surface area contributed by atoms with Crippen molar-refractivity contribution in [3.63, 3.8) is 0 Å². The van der Waals surface area contributed by atoms with Gasteiger partial charge in [0.2, 0.25) is 5.95 Å². The predicted molar refractivity (Wildman–Crippen MR) is 65.1 cm³/mol. The van der Waals surface area contributed by atoms with Gasteiger partial charge in [-0.15, -0.1) is 0 Å². The fraction of sp³-hybridized carbons (Fsp3) is 0.545. The maximum absolute atomic E-state index is 8.91. The highest BCUT2D eigenvalue weighted by atomic mass is 16.3. The molecule has 6 nitrogen and oxygen atoms in total. The first-order valence-electron chi connectivity index (χ1n) is 5.74. The van der Waals surface area contributed by atoms with Crippen molar-refractivity contribution in [2.45, 2.75) is 12.8 Å². The van der Waals surface area contributed by atoms with Crippen molar-refractivity contribution in [3.8, 4) is 0 Å². The van der Waals surface area contributed by atoms with Crippen LogP contribution >= 0.6 is 0 Å². The van der Waals surface area contributed by atoms with Crippen LogP contribution in [-0.2, 0) is 0 Å². The maximum atomic E-state index is 8.91.